The molecule has 0 spiro atoms. The van der Waals surface area contributed by atoms with E-state index in [2.05, 4.69) is 5.32 Å². The molecule has 0 aliphatic rings. The normalized spacial score (nSPS) is 10.2. The zero-order valence-corrected chi connectivity index (χ0v) is 12.2. The maximum atomic E-state index is 12.5. The number of amides is 2. The van der Waals surface area contributed by atoms with E-state index >= 15 is 0 Å². The maximum Gasteiger partial charge on any atom is 0.326 e. The summed E-state index contributed by atoms with van der Waals surface area (Å²) in [6, 6.07) is 15.6. The standard InChI is InChI=1S/C17H20N2O/c1-4-19(15-11-6-5-7-12-15)17(20)18-16-13(2)9-8-10-14(16)3/h5-12H,4H2,1-3H3,(H,18,20). The highest BCUT2D eigenvalue weighted by atomic mass is 16.2. The predicted molar refractivity (Wildman–Crippen MR) is 84.4 cm³/mol. The number of para-hydroxylation sites is 2. The Morgan fingerprint density at radius 3 is 2.15 bits per heavy atom. The van der Waals surface area contributed by atoms with E-state index in [1.54, 1.807) is 4.90 Å². The van der Waals surface area contributed by atoms with E-state index in [0.717, 1.165) is 22.5 Å². The van der Waals surface area contributed by atoms with Gasteiger partial charge in [0.2, 0.25) is 0 Å². The number of hydrogen-bond donors (Lipinski definition) is 1. The van der Waals surface area contributed by atoms with Gasteiger partial charge in [-0.05, 0) is 44.0 Å². The fourth-order valence-electron chi connectivity index (χ4n) is 2.24. The molecule has 1 N–H and O–H groups in total. The minimum absolute atomic E-state index is 0.101. The van der Waals surface area contributed by atoms with E-state index in [4.69, 9.17) is 0 Å². The van der Waals surface area contributed by atoms with Crippen LogP contribution in [0.25, 0.3) is 0 Å². The number of hydrogen-bond acceptors (Lipinski definition) is 1. The van der Waals surface area contributed by atoms with Crippen LogP contribution in [0.1, 0.15) is 18.1 Å². The number of carbonyl (C=O) groups is 1. The van der Waals surface area contributed by atoms with Gasteiger partial charge in [0.1, 0.15) is 0 Å². The van der Waals surface area contributed by atoms with E-state index in [1.165, 1.54) is 0 Å². The smallest absolute Gasteiger partial charge is 0.307 e. The van der Waals surface area contributed by atoms with Crippen LogP contribution in [0.15, 0.2) is 48.5 Å². The van der Waals surface area contributed by atoms with E-state index < -0.39 is 0 Å². The van der Waals surface area contributed by atoms with E-state index in [-0.39, 0.29) is 6.03 Å². The van der Waals surface area contributed by atoms with Gasteiger partial charge in [-0.2, -0.15) is 0 Å². The van der Waals surface area contributed by atoms with E-state index in [1.807, 2.05) is 69.3 Å². The lowest BCUT2D eigenvalue weighted by molar-refractivity contribution is 0.257. The van der Waals surface area contributed by atoms with Crippen molar-refractivity contribution in [3.8, 4) is 0 Å². The Kier molecular flexibility index (Phi) is 4.41. The van der Waals surface area contributed by atoms with Gasteiger partial charge in [-0.15, -0.1) is 0 Å². The fraction of sp³-hybridized carbons (Fsp3) is 0.235. The van der Waals surface area contributed by atoms with Crippen molar-refractivity contribution in [2.75, 3.05) is 16.8 Å². The van der Waals surface area contributed by atoms with Gasteiger partial charge in [0.15, 0.2) is 0 Å². The molecule has 0 aromatic heterocycles. The second kappa shape index (κ2) is 6.24. The molecule has 2 rings (SSSR count). The lowest BCUT2D eigenvalue weighted by atomic mass is 10.1. The summed E-state index contributed by atoms with van der Waals surface area (Å²) in [5.41, 5.74) is 3.94. The highest BCUT2D eigenvalue weighted by molar-refractivity contribution is 6.02. The first-order valence-corrected chi connectivity index (χ1v) is 6.83. The molecule has 3 nitrogen and oxygen atoms in total. The molecule has 104 valence electrons. The van der Waals surface area contributed by atoms with Crippen molar-refractivity contribution in [1.29, 1.82) is 0 Å². The van der Waals surface area contributed by atoms with Crippen LogP contribution < -0.4 is 10.2 Å². The van der Waals surface area contributed by atoms with Gasteiger partial charge < -0.3 is 5.32 Å². The van der Waals surface area contributed by atoms with Gasteiger partial charge in [0.05, 0.1) is 0 Å². The second-order valence-corrected chi connectivity index (χ2v) is 4.78. The molecule has 0 saturated heterocycles. The first kappa shape index (κ1) is 14.1. The van der Waals surface area contributed by atoms with Crippen LogP contribution in [0, 0.1) is 13.8 Å². The Labute approximate surface area is 120 Å². The SMILES string of the molecule is CCN(C(=O)Nc1c(C)cccc1C)c1ccccc1. The molecule has 0 unspecified atom stereocenters. The molecule has 0 radical (unpaired) electrons. The van der Waals surface area contributed by atoms with Gasteiger partial charge in [-0.1, -0.05) is 36.4 Å². The molecule has 3 heteroatoms. The minimum atomic E-state index is -0.101. The number of aryl methyl sites for hydroxylation is 2. The number of nitrogens with zero attached hydrogens (tertiary/aromatic N) is 1. The number of carbonyl (C=O) groups excluding carboxylic acids is 1. The van der Waals surface area contributed by atoms with Gasteiger partial charge in [-0.25, -0.2) is 4.79 Å². The molecule has 0 aliphatic carbocycles. The van der Waals surface area contributed by atoms with Crippen molar-refractivity contribution in [2.24, 2.45) is 0 Å². The van der Waals surface area contributed by atoms with Gasteiger partial charge in [0, 0.05) is 17.9 Å². The molecule has 0 heterocycles. The number of anilines is 2. The van der Waals surface area contributed by atoms with Crippen molar-refractivity contribution >= 4 is 17.4 Å². The first-order chi connectivity index (χ1) is 9.63. The molecule has 0 bridgehead atoms. The Morgan fingerprint density at radius 1 is 1.00 bits per heavy atom. The Balaban J connectivity index is 2.23. The molecule has 0 saturated carbocycles. The molecule has 2 aromatic carbocycles. The van der Waals surface area contributed by atoms with Crippen LogP contribution in [-0.2, 0) is 0 Å². The lowest BCUT2D eigenvalue weighted by Crippen LogP contribution is -2.35. The van der Waals surface area contributed by atoms with Crippen molar-refractivity contribution < 1.29 is 4.79 Å². The average Bonchev–Trinajstić information content (AvgIpc) is 2.45. The Hall–Kier alpha value is -2.29. The summed E-state index contributed by atoms with van der Waals surface area (Å²) in [6.07, 6.45) is 0. The average molecular weight is 268 g/mol. The number of nitrogens with one attached hydrogen (secondary N) is 1. The van der Waals surface area contributed by atoms with E-state index in [9.17, 15) is 4.79 Å². The summed E-state index contributed by atoms with van der Waals surface area (Å²) >= 11 is 0. The Morgan fingerprint density at radius 2 is 1.60 bits per heavy atom. The summed E-state index contributed by atoms with van der Waals surface area (Å²) in [6.45, 7) is 6.60. The zero-order chi connectivity index (χ0) is 14.5. The third-order valence-corrected chi connectivity index (χ3v) is 3.34. The van der Waals surface area contributed by atoms with Gasteiger partial charge in [-0.3, -0.25) is 4.90 Å². The van der Waals surface area contributed by atoms with Crippen LogP contribution in [0.2, 0.25) is 0 Å². The molecule has 2 amide bonds. The second-order valence-electron chi connectivity index (χ2n) is 4.78. The zero-order valence-electron chi connectivity index (χ0n) is 12.2. The lowest BCUT2D eigenvalue weighted by Gasteiger charge is -2.22. The highest BCUT2D eigenvalue weighted by Crippen LogP contribution is 2.21. The third-order valence-electron chi connectivity index (χ3n) is 3.34. The van der Waals surface area contributed by atoms with Crippen LogP contribution in [0.5, 0.6) is 0 Å². The largest absolute Gasteiger partial charge is 0.326 e. The quantitative estimate of drug-likeness (QED) is 0.881. The molecular weight excluding hydrogens is 248 g/mol. The summed E-state index contributed by atoms with van der Waals surface area (Å²) in [4.78, 5) is 14.2. The molecule has 0 aliphatic heterocycles. The van der Waals surface area contributed by atoms with Crippen LogP contribution >= 0.6 is 0 Å². The first-order valence-electron chi connectivity index (χ1n) is 6.83. The minimum Gasteiger partial charge on any atom is -0.307 e. The number of benzene rings is 2. The molecular formula is C17H20N2O. The maximum absolute atomic E-state index is 12.5. The van der Waals surface area contributed by atoms with Gasteiger partial charge in [0.25, 0.3) is 0 Å². The third kappa shape index (κ3) is 2.99. The number of rotatable bonds is 3. The van der Waals surface area contributed by atoms with Gasteiger partial charge >= 0.3 is 6.03 Å². The topological polar surface area (TPSA) is 32.3 Å². The summed E-state index contributed by atoms with van der Waals surface area (Å²) in [5.74, 6) is 0. The van der Waals surface area contributed by atoms with E-state index in [0.29, 0.717) is 6.54 Å². The highest BCUT2D eigenvalue weighted by Gasteiger charge is 2.15. The van der Waals surface area contributed by atoms with Crippen LogP contribution in [0.4, 0.5) is 16.2 Å². The summed E-state index contributed by atoms with van der Waals surface area (Å²) in [5, 5.41) is 3.01. The monoisotopic (exact) mass is 268 g/mol. The number of urea groups is 1. The fourth-order valence-corrected chi connectivity index (χ4v) is 2.24. The Bertz CT molecular complexity index is 573. The predicted octanol–water partition coefficient (Wildman–Crippen LogP) is 4.36. The summed E-state index contributed by atoms with van der Waals surface area (Å²) in [7, 11) is 0. The summed E-state index contributed by atoms with van der Waals surface area (Å²) < 4.78 is 0. The van der Waals surface area contributed by atoms with Crippen LogP contribution in [-0.4, -0.2) is 12.6 Å². The van der Waals surface area contributed by atoms with Crippen molar-refractivity contribution in [3.05, 3.63) is 59.7 Å². The van der Waals surface area contributed by atoms with Crippen molar-refractivity contribution in [3.63, 3.8) is 0 Å². The van der Waals surface area contributed by atoms with Crippen molar-refractivity contribution in [2.45, 2.75) is 20.8 Å². The molecule has 20 heavy (non-hydrogen) atoms. The van der Waals surface area contributed by atoms with Crippen LogP contribution in [0.3, 0.4) is 0 Å². The molecule has 0 atom stereocenters. The molecule has 0 fully saturated rings. The van der Waals surface area contributed by atoms with Crippen molar-refractivity contribution in [1.82, 2.24) is 0 Å². The molecule has 2 aromatic rings.